The Kier molecular flexibility index (Phi) is 27.6. The van der Waals surface area contributed by atoms with E-state index in [9.17, 15) is 50.7 Å². The number of thiophene rings is 8. The van der Waals surface area contributed by atoms with E-state index >= 15 is 0 Å². The molecule has 3 aromatic carbocycles. The van der Waals surface area contributed by atoms with E-state index in [2.05, 4.69) is 273 Å². The molecule has 24 heteroatoms. The van der Waals surface area contributed by atoms with Crippen molar-refractivity contribution in [1.29, 1.82) is 31.6 Å². The predicted octanol–water partition coefficient (Wildman–Crippen LogP) is 28.9. The first-order valence-corrected chi connectivity index (χ1v) is 49.6. The summed E-state index contributed by atoms with van der Waals surface area (Å²) in [6.45, 7) is 108. The minimum Gasteiger partial charge on any atom is -0.288 e. The van der Waals surface area contributed by atoms with Crippen LogP contribution >= 0.6 is 90.7 Å². The van der Waals surface area contributed by atoms with E-state index in [1.165, 1.54) is 90.7 Å². The molecule has 0 saturated carbocycles. The second-order valence-corrected chi connectivity index (χ2v) is 51.9. The van der Waals surface area contributed by atoms with Crippen molar-refractivity contribution in [3.8, 4) is 36.4 Å². The lowest BCUT2D eigenvalue weighted by Crippen LogP contribution is -2.15. The molecular formula is C110H102N12O4S8. The largest absolute Gasteiger partial charge is 0.288 e. The molecule has 0 amide bonds. The summed E-state index contributed by atoms with van der Waals surface area (Å²) >= 11 is 12.0. The van der Waals surface area contributed by atoms with Crippen LogP contribution < -0.4 is 20.9 Å². The van der Waals surface area contributed by atoms with E-state index in [1.807, 2.05) is 72.8 Å². The van der Waals surface area contributed by atoms with Crippen molar-refractivity contribution in [1.82, 2.24) is 0 Å². The molecule has 0 aliphatic heterocycles. The summed E-state index contributed by atoms with van der Waals surface area (Å²) in [6, 6.07) is 32.1. The molecule has 4 aliphatic rings. The molecule has 4 aliphatic carbocycles. The Labute approximate surface area is 818 Å². The summed E-state index contributed by atoms with van der Waals surface area (Å²) in [7, 11) is 0. The van der Waals surface area contributed by atoms with E-state index < -0.39 is 0 Å². The van der Waals surface area contributed by atoms with Crippen LogP contribution in [0.25, 0.3) is 116 Å². The highest BCUT2D eigenvalue weighted by molar-refractivity contribution is 7.22. The van der Waals surface area contributed by atoms with Gasteiger partial charge in [0, 0.05) is 112 Å². The average molecular weight is 1910 g/mol. The zero-order valence-electron chi connectivity index (χ0n) is 81.2. The second kappa shape index (κ2) is 36.3. The van der Waals surface area contributed by atoms with Gasteiger partial charge >= 0.3 is 0 Å². The summed E-state index contributed by atoms with van der Waals surface area (Å²) in [6.07, 6.45) is 4.06. The summed E-state index contributed by atoms with van der Waals surface area (Å²) in [5, 5.41) is 63.6. The zero-order chi connectivity index (χ0) is 100. The molecule has 0 atom stereocenters. The van der Waals surface area contributed by atoms with Gasteiger partial charge in [-0.05, 0) is 170 Å². The predicted molar refractivity (Wildman–Crippen MR) is 556 cm³/mol. The van der Waals surface area contributed by atoms with Gasteiger partial charge in [0.25, 0.3) is 34.2 Å². The van der Waals surface area contributed by atoms with Crippen LogP contribution in [0.4, 0.5) is 0 Å². The fourth-order valence-electron chi connectivity index (χ4n) is 15.4. The molecule has 674 valence electrons. The first kappa shape index (κ1) is 102. The van der Waals surface area contributed by atoms with Crippen LogP contribution in [0.3, 0.4) is 0 Å². The number of allylic oxidation sites excluding steroid dienone is 6. The van der Waals surface area contributed by atoms with Crippen LogP contribution in [0.15, 0.2) is 83.2 Å². The van der Waals surface area contributed by atoms with Crippen molar-refractivity contribution < 1.29 is 19.2 Å². The summed E-state index contributed by atoms with van der Waals surface area (Å²) in [5.74, 6) is 0.0439. The van der Waals surface area contributed by atoms with E-state index in [4.69, 9.17) is 39.4 Å². The number of carbonyl (C=O) groups is 4. The molecule has 0 spiro atoms. The van der Waals surface area contributed by atoms with Crippen molar-refractivity contribution in [2.75, 3.05) is 0 Å². The lowest BCUT2D eigenvalue weighted by Gasteiger charge is -2.23. The standard InChI is InChI=1S/C26H22N4.2C24H20N4S2.2C18H20O2S2/c1-25(2,3)19-11-15-9-18-16(10-17(15)23(19)21(13-27)29-7)12-20(26(4,5)6)24(18)22(14-28)30-8;1-23(2,3)17-9-13-19(15(11-25)27-7)22-14(10-18(30-22)24(4,5)6)20(21(13)29-17)16(12-26)28-8;1-23(2,3)17-9-13-19(15(11-25)27-7)14-10-18(24(4,5)6)30-22(14)20(21(13)29-17)16(12-26)28-8;1-17(2,3)11-7-9-13(19)16-10(14(20)15(9)21-11)8-12(22-16)18(4,5)6;1-17(2,3)11-7-9-13(19)10-8-12(18(4,5)6)22-16(10)14(20)15(9)21-11/h9-12H,1-6H3;2*9-10H,1-6H3;2*7-8H,1-6H3/b23-21-,24-22+;19-15-,20-16+;;;. The van der Waals surface area contributed by atoms with Crippen molar-refractivity contribution in [3.05, 3.63) is 276 Å². The van der Waals surface area contributed by atoms with Gasteiger partial charge in [-0.1, -0.05) is 220 Å². The number of ketones is 4. The highest BCUT2D eigenvalue weighted by atomic mass is 32.1. The fourth-order valence-corrected chi connectivity index (χ4v) is 25.3. The zero-order valence-corrected chi connectivity index (χ0v) is 87.7. The Bertz CT molecular complexity index is 6850. The van der Waals surface area contributed by atoms with Gasteiger partial charge in [-0.3, -0.25) is 19.2 Å². The van der Waals surface area contributed by atoms with Crippen LogP contribution in [0.1, 0.15) is 330 Å². The van der Waals surface area contributed by atoms with Crippen LogP contribution in [-0.4, -0.2) is 23.1 Å². The minimum atomic E-state index is -0.245. The van der Waals surface area contributed by atoms with Gasteiger partial charge < -0.3 is 0 Å². The topological polar surface area (TPSA) is 237 Å². The molecule has 0 N–H and O–H groups in total. The number of hydrogen-bond donors (Lipinski definition) is 0. The molecule has 16 nitrogen and oxygen atoms in total. The highest BCUT2D eigenvalue weighted by Gasteiger charge is 2.42. The Hall–Kier alpha value is -12.7. The number of carbonyl (C=O) groups excluding carboxylic acids is 4. The Balaban J connectivity index is 0.000000162. The maximum atomic E-state index is 12.8. The molecule has 11 aromatic rings. The molecule has 0 saturated heterocycles. The lowest BCUT2D eigenvalue weighted by molar-refractivity contribution is 0.0985. The molecule has 0 fully saturated rings. The number of nitriles is 6. The van der Waals surface area contributed by atoms with Gasteiger partial charge in [-0.25, -0.2) is 60.6 Å². The first-order valence-electron chi connectivity index (χ1n) is 43.0. The smallest absolute Gasteiger partial charge is 0.271 e. The van der Waals surface area contributed by atoms with E-state index in [0.29, 0.717) is 73.8 Å². The summed E-state index contributed by atoms with van der Waals surface area (Å²) in [4.78, 5) is 83.4. The number of hydrogen-bond acceptors (Lipinski definition) is 18. The average Bonchev–Trinajstić information content (AvgIpc) is 1.57. The first-order chi connectivity index (χ1) is 61.9. The van der Waals surface area contributed by atoms with Gasteiger partial charge in [0.05, 0.1) is 95.4 Å². The second-order valence-electron chi connectivity index (χ2n) is 43.5. The molecule has 0 bridgehead atoms. The Morgan fingerprint density at radius 1 is 0.239 bits per heavy atom. The van der Waals surface area contributed by atoms with Crippen LogP contribution in [0.2, 0.25) is 0 Å². The van der Waals surface area contributed by atoms with E-state index in [-0.39, 0.29) is 111 Å². The van der Waals surface area contributed by atoms with Gasteiger partial charge in [0.1, 0.15) is 0 Å². The fraction of sp³-hybridized carbons (Fsp3) is 0.364. The van der Waals surface area contributed by atoms with E-state index in [1.54, 1.807) is 0 Å². The normalized spacial score (nSPS) is 14.7. The molecular weight excluding hydrogens is 1810 g/mol. The summed E-state index contributed by atoms with van der Waals surface area (Å²) < 4.78 is 3.19. The number of rotatable bonds is 0. The van der Waals surface area contributed by atoms with Crippen LogP contribution in [0.5, 0.6) is 0 Å². The Morgan fingerprint density at radius 2 is 0.440 bits per heavy atom. The Morgan fingerprint density at radius 3 is 0.664 bits per heavy atom. The monoisotopic (exact) mass is 1910 g/mol. The SMILES string of the molecule is CC(C)(C)c1cc2c(s1)C(=O)c1cc(C(C)(C)C)sc1C2=O.CC(C)(C)c1cc2c(s1)C(=O)c1sc(C(C)(C)C)cc1C2=O.[C-]#[N+]/C(C#N)=C1/C(C(C)(C)C)=Cc2cc3c(cc21)C=C(C(C)(C)C)/C3=C(/C#N)[N+]#[C-].[C-]#[N+]/C(C#N)=c1/c2cc(C(C)(C)C)sc2/c(=C(\C#N)[N+]#[C-])c2cc(C(C)(C)C)sc12.[C-]#[N+]C(C#N)=c1c2cc(C(C)(C)C)sc2c(=C(C#N)[N+]#[C-])c2sc(C(C)(C)C)cc12. The van der Waals surface area contributed by atoms with Crippen molar-refractivity contribution in [2.45, 2.75) is 251 Å². The van der Waals surface area contributed by atoms with E-state index in [0.717, 1.165) is 113 Å². The van der Waals surface area contributed by atoms with Gasteiger partial charge in [0.2, 0.25) is 17.3 Å². The summed E-state index contributed by atoms with van der Waals surface area (Å²) in [5.41, 5.74) is 8.26. The molecule has 0 radical (unpaired) electrons. The van der Waals surface area contributed by atoms with Gasteiger partial charge in [-0.15, -0.1) is 90.7 Å². The number of fused-ring (bicyclic) bond motifs is 10. The third kappa shape index (κ3) is 19.1. The van der Waals surface area contributed by atoms with Crippen LogP contribution in [-0.2, 0) is 43.3 Å². The molecule has 15 rings (SSSR count). The maximum Gasteiger partial charge on any atom is 0.271 e. The number of nitrogens with zero attached hydrogens (tertiary/aromatic N) is 12. The molecule has 8 aromatic heterocycles. The van der Waals surface area contributed by atoms with Crippen molar-refractivity contribution in [3.63, 3.8) is 0 Å². The molecule has 0 unspecified atom stereocenters. The maximum absolute atomic E-state index is 12.8. The highest BCUT2D eigenvalue weighted by Crippen LogP contribution is 2.54. The van der Waals surface area contributed by atoms with Gasteiger partial charge in [-0.2, -0.15) is 0 Å². The third-order valence-corrected chi connectivity index (χ3v) is 35.4. The molecule has 8 heterocycles. The van der Waals surface area contributed by atoms with Gasteiger partial charge in [0.15, 0.2) is 5.78 Å². The lowest BCUT2D eigenvalue weighted by atomic mass is 9.81. The molecule has 134 heavy (non-hydrogen) atoms. The van der Waals surface area contributed by atoms with Crippen LogP contribution in [0, 0.1) is 118 Å². The minimum absolute atomic E-state index is 0.00287. The third-order valence-electron chi connectivity index (χ3n) is 22.8. The van der Waals surface area contributed by atoms with Crippen molar-refractivity contribution in [2.24, 2.45) is 10.8 Å². The number of benzene rings is 3. The van der Waals surface area contributed by atoms with Crippen molar-refractivity contribution >= 4 is 200 Å². The quantitative estimate of drug-likeness (QED) is 0.103.